The number of amides is 1. The zero-order valence-corrected chi connectivity index (χ0v) is 29.4. The molecule has 0 radical (unpaired) electrons. The molecule has 1 saturated heterocycles. The highest BCUT2D eigenvalue weighted by atomic mass is 16.6. The predicted octanol–water partition coefficient (Wildman–Crippen LogP) is 5.14. The molecule has 1 amide bonds. The monoisotopic (exact) mass is 717 g/mol. The Balaban J connectivity index is 1.17. The second kappa shape index (κ2) is 15.8. The summed E-state index contributed by atoms with van der Waals surface area (Å²) >= 11 is 0. The van der Waals surface area contributed by atoms with E-state index in [-0.39, 0.29) is 19.0 Å². The Kier molecular flexibility index (Phi) is 10.6. The molecule has 3 heterocycles. The number of imidazole rings is 1. The van der Waals surface area contributed by atoms with Crippen molar-refractivity contribution in [1.29, 1.82) is 0 Å². The molecule has 13 heteroatoms. The molecule has 53 heavy (non-hydrogen) atoms. The van der Waals surface area contributed by atoms with Crippen LogP contribution in [0.15, 0.2) is 122 Å². The summed E-state index contributed by atoms with van der Waals surface area (Å²) in [4.78, 5) is 25.9. The van der Waals surface area contributed by atoms with Crippen molar-refractivity contribution in [2.45, 2.75) is 30.1 Å². The fraction of sp³-hybridized carbons (Fsp3) is 0.250. The number of methoxy groups -OCH3 is 3. The summed E-state index contributed by atoms with van der Waals surface area (Å²) < 4.78 is 37.5. The lowest BCUT2D eigenvalue weighted by Crippen LogP contribution is -2.40. The van der Waals surface area contributed by atoms with Gasteiger partial charge in [-0.25, -0.2) is 15.0 Å². The van der Waals surface area contributed by atoms with Crippen LogP contribution in [-0.2, 0) is 24.6 Å². The standard InChI is InChI=1S/C40H39N5O8/c1-48-29-18-14-27(15-19-29)40(26-10-6-4-7-11-26,28-16-20-30(49-2)21-17-28)52-22-32-35(47)36(50-3)39(53-32)45-25-43-34-37(41-24-42-38(34)45)44-33(46)23-51-31-12-8-5-9-13-31/h4-21,24-25,32,35-36,39,47H,22-23H2,1-3H3,(H,41,42,44,46)/t32-,35-,36-,39-/m1/s1. The van der Waals surface area contributed by atoms with E-state index in [4.69, 9.17) is 28.4 Å². The normalized spacial score (nSPS) is 18.5. The van der Waals surface area contributed by atoms with Gasteiger partial charge in [0.15, 0.2) is 29.8 Å². The van der Waals surface area contributed by atoms with E-state index in [9.17, 15) is 9.90 Å². The number of hydrogen-bond acceptors (Lipinski definition) is 11. The Hall–Kier alpha value is -5.86. The minimum atomic E-state index is -1.13. The number of rotatable bonds is 14. The smallest absolute Gasteiger partial charge is 0.263 e. The zero-order valence-electron chi connectivity index (χ0n) is 29.4. The van der Waals surface area contributed by atoms with E-state index in [1.54, 1.807) is 30.9 Å². The predicted molar refractivity (Wildman–Crippen MR) is 195 cm³/mol. The van der Waals surface area contributed by atoms with Crippen LogP contribution in [0.4, 0.5) is 5.82 Å². The first-order valence-electron chi connectivity index (χ1n) is 16.9. The molecule has 13 nitrogen and oxygen atoms in total. The van der Waals surface area contributed by atoms with Gasteiger partial charge in [0, 0.05) is 7.11 Å². The highest BCUT2D eigenvalue weighted by Crippen LogP contribution is 2.43. The van der Waals surface area contributed by atoms with Crippen LogP contribution in [0.2, 0.25) is 0 Å². The van der Waals surface area contributed by atoms with Crippen molar-refractivity contribution >= 4 is 22.9 Å². The highest BCUT2D eigenvalue weighted by Gasteiger charge is 2.48. The van der Waals surface area contributed by atoms with Crippen LogP contribution in [0.3, 0.4) is 0 Å². The third-order valence-electron chi connectivity index (χ3n) is 9.23. The highest BCUT2D eigenvalue weighted by molar-refractivity contribution is 5.97. The van der Waals surface area contributed by atoms with Crippen LogP contribution in [-0.4, -0.2) is 83.4 Å². The summed E-state index contributed by atoms with van der Waals surface area (Å²) in [5.74, 6) is 1.75. The van der Waals surface area contributed by atoms with Crippen molar-refractivity contribution in [3.63, 3.8) is 0 Å². The van der Waals surface area contributed by atoms with Crippen LogP contribution >= 0.6 is 0 Å². The molecule has 1 aliphatic rings. The third kappa shape index (κ3) is 7.15. The molecule has 6 aromatic rings. The van der Waals surface area contributed by atoms with Gasteiger partial charge >= 0.3 is 0 Å². The largest absolute Gasteiger partial charge is 0.497 e. The molecule has 0 unspecified atom stereocenters. The Morgan fingerprint density at radius 3 is 2.00 bits per heavy atom. The SMILES string of the molecule is COc1ccc(C(OC[C@H]2O[C@@H](n3cnc4c(NC(=O)COc5ccccc5)ncnc43)[C@H](OC)[C@@H]2O)(c2ccccc2)c2ccc(OC)cc2)cc1. The maximum Gasteiger partial charge on any atom is 0.263 e. The minimum Gasteiger partial charge on any atom is -0.497 e. The van der Waals surface area contributed by atoms with Crippen LogP contribution in [0, 0.1) is 0 Å². The van der Waals surface area contributed by atoms with Gasteiger partial charge in [0.25, 0.3) is 5.91 Å². The first-order valence-corrected chi connectivity index (χ1v) is 16.9. The molecule has 0 spiro atoms. The Bertz CT molecular complexity index is 2070. The molecule has 1 fully saturated rings. The number of carbonyl (C=O) groups excluding carboxylic acids is 1. The van der Waals surface area contributed by atoms with E-state index < -0.39 is 36.0 Å². The minimum absolute atomic E-state index is 0.0329. The average molecular weight is 718 g/mol. The fourth-order valence-corrected chi connectivity index (χ4v) is 6.58. The second-order valence-electron chi connectivity index (χ2n) is 12.3. The summed E-state index contributed by atoms with van der Waals surface area (Å²) in [5, 5.41) is 14.4. The number of nitrogens with one attached hydrogen (secondary N) is 1. The van der Waals surface area contributed by atoms with Gasteiger partial charge in [-0.05, 0) is 53.1 Å². The van der Waals surface area contributed by atoms with E-state index in [1.165, 1.54) is 19.8 Å². The summed E-state index contributed by atoms with van der Waals surface area (Å²) in [6.07, 6.45) is -0.759. The third-order valence-corrected chi connectivity index (χ3v) is 9.23. The Morgan fingerprint density at radius 2 is 1.40 bits per heavy atom. The van der Waals surface area contributed by atoms with Crippen molar-refractivity contribution in [2.75, 3.05) is 39.9 Å². The van der Waals surface area contributed by atoms with E-state index >= 15 is 0 Å². The molecular formula is C40H39N5O8. The van der Waals surface area contributed by atoms with E-state index in [0.29, 0.717) is 28.4 Å². The summed E-state index contributed by atoms with van der Waals surface area (Å²) in [7, 11) is 4.74. The molecule has 4 atom stereocenters. The van der Waals surface area contributed by atoms with Gasteiger partial charge in [0.05, 0.1) is 27.2 Å². The van der Waals surface area contributed by atoms with Crippen molar-refractivity contribution in [2.24, 2.45) is 0 Å². The Labute approximate surface area is 306 Å². The second-order valence-corrected chi connectivity index (χ2v) is 12.3. The van der Waals surface area contributed by atoms with Crippen molar-refractivity contribution in [3.8, 4) is 17.2 Å². The number of fused-ring (bicyclic) bond motifs is 1. The molecule has 2 aromatic heterocycles. The van der Waals surface area contributed by atoms with Gasteiger partial charge in [-0.2, -0.15) is 0 Å². The van der Waals surface area contributed by atoms with E-state index in [0.717, 1.165) is 16.7 Å². The van der Waals surface area contributed by atoms with Crippen molar-refractivity contribution in [3.05, 3.63) is 139 Å². The van der Waals surface area contributed by atoms with E-state index in [2.05, 4.69) is 20.3 Å². The lowest BCUT2D eigenvalue weighted by Gasteiger charge is -2.37. The molecule has 1 aliphatic heterocycles. The topological polar surface area (TPSA) is 148 Å². The van der Waals surface area contributed by atoms with Gasteiger partial charge in [0.1, 0.15) is 47.5 Å². The van der Waals surface area contributed by atoms with Gasteiger partial charge in [-0.1, -0.05) is 72.8 Å². The van der Waals surface area contributed by atoms with Gasteiger partial charge in [-0.15, -0.1) is 0 Å². The van der Waals surface area contributed by atoms with E-state index in [1.807, 2.05) is 97.1 Å². The molecule has 0 aliphatic carbocycles. The average Bonchev–Trinajstić information content (AvgIpc) is 3.79. The first-order chi connectivity index (χ1) is 25.9. The van der Waals surface area contributed by atoms with Gasteiger partial charge in [0.2, 0.25) is 0 Å². The number of aliphatic hydroxyl groups is 1. The van der Waals surface area contributed by atoms with Crippen LogP contribution in [0.5, 0.6) is 17.2 Å². The summed E-state index contributed by atoms with van der Waals surface area (Å²) in [6.45, 7) is -0.256. The maximum atomic E-state index is 12.8. The Morgan fingerprint density at radius 1 is 0.792 bits per heavy atom. The fourth-order valence-electron chi connectivity index (χ4n) is 6.58. The van der Waals surface area contributed by atoms with Crippen LogP contribution < -0.4 is 19.5 Å². The lowest BCUT2D eigenvalue weighted by atomic mass is 9.80. The van der Waals surface area contributed by atoms with Gasteiger partial charge in [-0.3, -0.25) is 9.36 Å². The summed E-state index contributed by atoms with van der Waals surface area (Å²) in [5.41, 5.74) is 2.11. The number of aromatic nitrogens is 4. The number of aliphatic hydroxyl groups excluding tert-OH is 1. The quantitative estimate of drug-likeness (QED) is 0.144. The number of carbonyl (C=O) groups is 1. The molecule has 0 saturated carbocycles. The molecule has 4 aromatic carbocycles. The van der Waals surface area contributed by atoms with Crippen LogP contribution in [0.25, 0.3) is 11.2 Å². The molecular weight excluding hydrogens is 678 g/mol. The van der Waals surface area contributed by atoms with Crippen molar-refractivity contribution < 1.29 is 38.3 Å². The number of hydrogen-bond donors (Lipinski definition) is 2. The van der Waals surface area contributed by atoms with Crippen LogP contribution in [0.1, 0.15) is 22.9 Å². The summed E-state index contributed by atoms with van der Waals surface area (Å²) in [6, 6.07) is 34.3. The van der Waals surface area contributed by atoms with Gasteiger partial charge < -0.3 is 38.8 Å². The lowest BCUT2D eigenvalue weighted by molar-refractivity contribution is -0.118. The number of ether oxygens (including phenoxy) is 6. The number of para-hydroxylation sites is 1. The number of nitrogens with zero attached hydrogens (tertiary/aromatic N) is 4. The zero-order chi connectivity index (χ0) is 36.8. The number of anilines is 1. The molecule has 7 rings (SSSR count). The maximum absolute atomic E-state index is 12.8. The molecule has 272 valence electrons. The first kappa shape index (κ1) is 35.5. The molecule has 0 bridgehead atoms. The molecule has 2 N–H and O–H groups in total. The van der Waals surface area contributed by atoms with Crippen molar-refractivity contribution in [1.82, 2.24) is 19.5 Å². The number of benzene rings is 4.